The minimum Gasteiger partial charge on any atom is -0.383 e. The van der Waals surface area contributed by atoms with E-state index in [-0.39, 0.29) is 5.41 Å². The van der Waals surface area contributed by atoms with Crippen LogP contribution in [0.15, 0.2) is 30.5 Å². The Balaban J connectivity index is 2.48. The Morgan fingerprint density at radius 3 is 2.50 bits per heavy atom. The van der Waals surface area contributed by atoms with Crippen molar-refractivity contribution in [2.24, 2.45) is 0 Å². The van der Waals surface area contributed by atoms with Crippen LogP contribution < -0.4 is 5.73 Å². The number of halogens is 1. The van der Waals surface area contributed by atoms with Crippen molar-refractivity contribution in [1.82, 2.24) is 9.97 Å². The average Bonchev–Trinajstić information content (AvgIpc) is 2.27. The molecule has 0 amide bonds. The number of hydrogen-bond acceptors (Lipinski definition) is 3. The van der Waals surface area contributed by atoms with Crippen molar-refractivity contribution >= 4 is 17.4 Å². The van der Waals surface area contributed by atoms with Gasteiger partial charge in [-0.2, -0.15) is 0 Å². The highest BCUT2D eigenvalue weighted by Gasteiger charge is 2.18. The van der Waals surface area contributed by atoms with Crippen LogP contribution >= 0.6 is 11.6 Å². The zero-order chi connectivity index (χ0) is 13.3. The predicted molar refractivity (Wildman–Crippen MR) is 75.6 cm³/mol. The maximum Gasteiger partial charge on any atom is 0.136 e. The summed E-state index contributed by atoms with van der Waals surface area (Å²) in [6.07, 6.45) is 1.76. The minimum atomic E-state index is -0.110. The molecule has 94 valence electrons. The molecule has 0 fully saturated rings. The predicted octanol–water partition coefficient (Wildman–Crippen LogP) is 3.68. The Bertz CT molecular complexity index is 573. The molecule has 0 saturated heterocycles. The second-order valence-corrected chi connectivity index (χ2v) is 5.69. The third-order valence-electron chi connectivity index (χ3n) is 2.62. The van der Waals surface area contributed by atoms with Gasteiger partial charge in [0, 0.05) is 22.2 Å². The summed E-state index contributed by atoms with van der Waals surface area (Å²) < 4.78 is 0. The van der Waals surface area contributed by atoms with Crippen LogP contribution in [-0.4, -0.2) is 9.97 Å². The highest BCUT2D eigenvalue weighted by molar-refractivity contribution is 6.30. The normalized spacial score (nSPS) is 11.6. The van der Waals surface area contributed by atoms with Crippen molar-refractivity contribution in [1.29, 1.82) is 0 Å². The molecule has 3 nitrogen and oxygen atoms in total. The SMILES string of the molecule is CC(C)(C)c1ncc(-c2cccc(Cl)c2)c(N)n1. The Morgan fingerprint density at radius 1 is 1.22 bits per heavy atom. The summed E-state index contributed by atoms with van der Waals surface area (Å²) in [6, 6.07) is 7.51. The van der Waals surface area contributed by atoms with Crippen LogP contribution in [0.25, 0.3) is 11.1 Å². The van der Waals surface area contributed by atoms with Gasteiger partial charge in [-0.1, -0.05) is 44.5 Å². The maximum absolute atomic E-state index is 6.01. The molecule has 1 aromatic carbocycles. The van der Waals surface area contributed by atoms with E-state index in [4.69, 9.17) is 17.3 Å². The minimum absolute atomic E-state index is 0.110. The van der Waals surface area contributed by atoms with Crippen molar-refractivity contribution in [3.8, 4) is 11.1 Å². The van der Waals surface area contributed by atoms with Gasteiger partial charge >= 0.3 is 0 Å². The number of benzene rings is 1. The molecular formula is C14H16ClN3. The van der Waals surface area contributed by atoms with E-state index in [9.17, 15) is 0 Å². The standard InChI is InChI=1S/C14H16ClN3/c1-14(2,3)13-17-8-11(12(16)18-13)9-5-4-6-10(15)7-9/h4-8H,1-3H3,(H2,16,17,18). The van der Waals surface area contributed by atoms with E-state index >= 15 is 0 Å². The fourth-order valence-electron chi connectivity index (χ4n) is 1.63. The van der Waals surface area contributed by atoms with Crippen molar-refractivity contribution < 1.29 is 0 Å². The van der Waals surface area contributed by atoms with Crippen molar-refractivity contribution in [3.63, 3.8) is 0 Å². The van der Waals surface area contributed by atoms with E-state index in [1.165, 1.54) is 0 Å². The highest BCUT2D eigenvalue weighted by Crippen LogP contribution is 2.28. The summed E-state index contributed by atoms with van der Waals surface area (Å²) in [7, 11) is 0. The van der Waals surface area contributed by atoms with Crippen LogP contribution in [0.4, 0.5) is 5.82 Å². The third kappa shape index (κ3) is 2.62. The molecular weight excluding hydrogens is 246 g/mol. The molecule has 0 aliphatic heterocycles. The van der Waals surface area contributed by atoms with Gasteiger partial charge in [-0.25, -0.2) is 9.97 Å². The monoisotopic (exact) mass is 261 g/mol. The van der Waals surface area contributed by atoms with Crippen LogP contribution in [0.1, 0.15) is 26.6 Å². The molecule has 0 saturated carbocycles. The Labute approximate surface area is 112 Å². The molecule has 0 aliphatic rings. The lowest BCUT2D eigenvalue weighted by Gasteiger charge is -2.17. The van der Waals surface area contributed by atoms with Crippen LogP contribution in [0.2, 0.25) is 5.02 Å². The highest BCUT2D eigenvalue weighted by atomic mass is 35.5. The van der Waals surface area contributed by atoms with Crippen molar-refractivity contribution in [3.05, 3.63) is 41.3 Å². The molecule has 4 heteroatoms. The number of rotatable bonds is 1. The third-order valence-corrected chi connectivity index (χ3v) is 2.86. The zero-order valence-corrected chi connectivity index (χ0v) is 11.5. The van der Waals surface area contributed by atoms with Crippen LogP contribution in [-0.2, 0) is 5.41 Å². The lowest BCUT2D eigenvalue weighted by atomic mass is 9.95. The van der Waals surface area contributed by atoms with Gasteiger partial charge in [0.05, 0.1) is 0 Å². The first-order valence-electron chi connectivity index (χ1n) is 5.77. The van der Waals surface area contributed by atoms with Gasteiger partial charge < -0.3 is 5.73 Å². The zero-order valence-electron chi connectivity index (χ0n) is 10.7. The molecule has 0 bridgehead atoms. The van der Waals surface area contributed by atoms with Crippen LogP contribution in [0.3, 0.4) is 0 Å². The second-order valence-electron chi connectivity index (χ2n) is 5.25. The molecule has 2 aromatic rings. The maximum atomic E-state index is 6.01. The summed E-state index contributed by atoms with van der Waals surface area (Å²) in [6.45, 7) is 6.17. The second kappa shape index (κ2) is 4.58. The molecule has 1 aromatic heterocycles. The largest absolute Gasteiger partial charge is 0.383 e. The summed E-state index contributed by atoms with van der Waals surface area (Å²) >= 11 is 5.97. The summed E-state index contributed by atoms with van der Waals surface area (Å²) in [5.74, 6) is 1.22. The molecule has 0 aliphatic carbocycles. The molecule has 2 N–H and O–H groups in total. The van der Waals surface area contributed by atoms with Crippen LogP contribution in [0.5, 0.6) is 0 Å². The summed E-state index contributed by atoms with van der Waals surface area (Å²) in [4.78, 5) is 8.76. The van der Waals surface area contributed by atoms with Gasteiger partial charge in [0.2, 0.25) is 0 Å². The first kappa shape index (κ1) is 12.8. The van der Waals surface area contributed by atoms with E-state index in [0.29, 0.717) is 10.8 Å². The fraction of sp³-hybridized carbons (Fsp3) is 0.286. The van der Waals surface area contributed by atoms with Gasteiger partial charge in [-0.15, -0.1) is 0 Å². The lowest BCUT2D eigenvalue weighted by Crippen LogP contribution is -2.17. The van der Waals surface area contributed by atoms with Gasteiger partial charge in [0.25, 0.3) is 0 Å². The molecule has 0 unspecified atom stereocenters. The fourth-order valence-corrected chi connectivity index (χ4v) is 1.83. The van der Waals surface area contributed by atoms with Gasteiger partial charge in [-0.3, -0.25) is 0 Å². The van der Waals surface area contributed by atoms with Gasteiger partial charge in [0.15, 0.2) is 0 Å². The van der Waals surface area contributed by atoms with Gasteiger partial charge in [-0.05, 0) is 17.7 Å². The molecule has 18 heavy (non-hydrogen) atoms. The lowest BCUT2D eigenvalue weighted by molar-refractivity contribution is 0.546. The number of aromatic nitrogens is 2. The number of nitrogens with zero attached hydrogens (tertiary/aromatic N) is 2. The molecule has 0 spiro atoms. The van der Waals surface area contributed by atoms with E-state index in [2.05, 4.69) is 30.7 Å². The quantitative estimate of drug-likeness (QED) is 0.852. The van der Waals surface area contributed by atoms with Gasteiger partial charge in [0.1, 0.15) is 11.6 Å². The van der Waals surface area contributed by atoms with Crippen molar-refractivity contribution in [2.75, 3.05) is 5.73 Å². The Hall–Kier alpha value is -1.61. The van der Waals surface area contributed by atoms with E-state index in [1.807, 2.05) is 24.3 Å². The molecule has 1 heterocycles. The number of nitrogen functional groups attached to an aromatic ring is 1. The van der Waals surface area contributed by atoms with Crippen LogP contribution in [0, 0.1) is 0 Å². The summed E-state index contributed by atoms with van der Waals surface area (Å²) in [5.41, 5.74) is 7.64. The van der Waals surface area contributed by atoms with E-state index in [1.54, 1.807) is 6.20 Å². The Kier molecular flexibility index (Phi) is 3.26. The topological polar surface area (TPSA) is 51.8 Å². The van der Waals surface area contributed by atoms with E-state index < -0.39 is 0 Å². The summed E-state index contributed by atoms with van der Waals surface area (Å²) in [5, 5.41) is 0.673. The molecule has 0 radical (unpaired) electrons. The molecule has 2 rings (SSSR count). The Morgan fingerprint density at radius 2 is 1.94 bits per heavy atom. The average molecular weight is 262 g/mol. The molecule has 0 atom stereocenters. The number of nitrogens with two attached hydrogens (primary N) is 1. The first-order chi connectivity index (χ1) is 8.38. The number of anilines is 1. The smallest absolute Gasteiger partial charge is 0.136 e. The number of hydrogen-bond donors (Lipinski definition) is 1. The first-order valence-corrected chi connectivity index (χ1v) is 6.14. The van der Waals surface area contributed by atoms with E-state index in [0.717, 1.165) is 17.0 Å². The van der Waals surface area contributed by atoms with Crippen molar-refractivity contribution in [2.45, 2.75) is 26.2 Å².